The summed E-state index contributed by atoms with van der Waals surface area (Å²) >= 11 is 6.75. The van der Waals surface area contributed by atoms with Crippen molar-refractivity contribution >= 4 is 39.5 Å². The summed E-state index contributed by atoms with van der Waals surface area (Å²) in [7, 11) is 0. The first kappa shape index (κ1) is 14.4. The molecule has 1 aromatic heterocycles. The summed E-state index contributed by atoms with van der Waals surface area (Å²) in [6.45, 7) is 2.45. The van der Waals surface area contributed by atoms with Gasteiger partial charge in [-0.05, 0) is 24.8 Å². The van der Waals surface area contributed by atoms with Gasteiger partial charge in [0.25, 0.3) is 5.91 Å². The Morgan fingerprint density at radius 1 is 1.38 bits per heavy atom. The van der Waals surface area contributed by atoms with Crippen LogP contribution in [0, 0.1) is 11.3 Å². The SMILES string of the molecule is N#Cc1c(NC(=O)C(=S)N2CCOCC2)sc2c1CCC2. The largest absolute Gasteiger partial charge is 0.378 e. The van der Waals surface area contributed by atoms with Gasteiger partial charge in [0.1, 0.15) is 11.1 Å². The van der Waals surface area contributed by atoms with Crippen LogP contribution in [0.2, 0.25) is 0 Å². The fourth-order valence-corrected chi connectivity index (χ4v) is 4.15. The summed E-state index contributed by atoms with van der Waals surface area (Å²) in [6.07, 6.45) is 3.02. The number of nitrogens with zero attached hydrogens (tertiary/aromatic N) is 2. The number of morpholine rings is 1. The summed E-state index contributed by atoms with van der Waals surface area (Å²) in [6, 6.07) is 2.22. The molecule has 0 atom stereocenters. The number of nitriles is 1. The zero-order chi connectivity index (χ0) is 14.8. The zero-order valence-corrected chi connectivity index (χ0v) is 13.1. The van der Waals surface area contributed by atoms with Crippen molar-refractivity contribution in [1.82, 2.24) is 4.90 Å². The fourth-order valence-electron chi connectivity index (χ4n) is 2.68. The molecule has 0 saturated carbocycles. The molecule has 1 aromatic rings. The third kappa shape index (κ3) is 2.79. The standard InChI is InChI=1S/C14H15N3O2S2/c15-8-10-9-2-1-3-11(9)21-13(10)16-12(18)14(20)17-4-6-19-7-5-17/h1-7H2,(H,16,18). The van der Waals surface area contributed by atoms with Crippen LogP contribution in [0.25, 0.3) is 0 Å². The summed E-state index contributed by atoms with van der Waals surface area (Å²) in [5, 5.41) is 12.8. The number of rotatable bonds is 1. The Morgan fingerprint density at radius 3 is 2.86 bits per heavy atom. The number of ether oxygens (including phenoxy) is 1. The van der Waals surface area contributed by atoms with E-state index in [1.165, 1.54) is 16.2 Å². The third-order valence-corrected chi connectivity index (χ3v) is 5.40. The molecule has 1 aliphatic heterocycles. The molecule has 2 aliphatic rings. The van der Waals surface area contributed by atoms with Gasteiger partial charge in [-0.15, -0.1) is 11.3 Å². The highest BCUT2D eigenvalue weighted by Gasteiger charge is 2.25. The van der Waals surface area contributed by atoms with E-state index in [0.29, 0.717) is 36.9 Å². The first-order valence-corrected chi connectivity index (χ1v) is 8.16. The summed E-state index contributed by atoms with van der Waals surface area (Å²) in [5.74, 6) is -0.302. The van der Waals surface area contributed by atoms with Crippen LogP contribution in [0.3, 0.4) is 0 Å². The first-order chi connectivity index (χ1) is 10.2. The van der Waals surface area contributed by atoms with Gasteiger partial charge in [-0.1, -0.05) is 12.2 Å². The Kier molecular flexibility index (Phi) is 4.19. The number of anilines is 1. The van der Waals surface area contributed by atoms with E-state index in [9.17, 15) is 10.1 Å². The molecule has 1 fully saturated rings. The molecule has 5 nitrogen and oxygen atoms in total. The average Bonchev–Trinajstić information content (AvgIpc) is 3.07. The maximum Gasteiger partial charge on any atom is 0.283 e. The number of fused-ring (bicyclic) bond motifs is 1. The molecule has 0 aromatic carbocycles. The molecule has 3 rings (SSSR count). The van der Waals surface area contributed by atoms with Gasteiger partial charge >= 0.3 is 0 Å². The van der Waals surface area contributed by atoms with E-state index in [-0.39, 0.29) is 10.9 Å². The first-order valence-electron chi connectivity index (χ1n) is 6.93. The topological polar surface area (TPSA) is 65.4 Å². The number of carbonyl (C=O) groups excluding carboxylic acids is 1. The van der Waals surface area contributed by atoms with Crippen molar-refractivity contribution in [2.75, 3.05) is 31.6 Å². The molecule has 1 amide bonds. The van der Waals surface area contributed by atoms with E-state index >= 15 is 0 Å². The van der Waals surface area contributed by atoms with Gasteiger partial charge in [0.05, 0.1) is 18.8 Å². The number of thiophene rings is 1. The summed E-state index contributed by atoms with van der Waals surface area (Å²) in [4.78, 5) is 15.6. The molecule has 2 heterocycles. The van der Waals surface area contributed by atoms with Crippen molar-refractivity contribution in [3.63, 3.8) is 0 Å². The van der Waals surface area contributed by atoms with Gasteiger partial charge in [-0.3, -0.25) is 4.79 Å². The van der Waals surface area contributed by atoms with Crippen molar-refractivity contribution in [1.29, 1.82) is 5.26 Å². The number of hydrogen-bond acceptors (Lipinski definition) is 5. The normalized spacial score (nSPS) is 17.2. The third-order valence-electron chi connectivity index (χ3n) is 3.75. The smallest absolute Gasteiger partial charge is 0.283 e. The number of nitrogens with one attached hydrogen (secondary N) is 1. The van der Waals surface area contributed by atoms with E-state index in [0.717, 1.165) is 24.8 Å². The van der Waals surface area contributed by atoms with Gasteiger partial charge in [0, 0.05) is 18.0 Å². The minimum absolute atomic E-state index is 0.274. The average molecular weight is 321 g/mol. The second-order valence-electron chi connectivity index (χ2n) is 5.03. The molecule has 7 heteroatoms. The van der Waals surface area contributed by atoms with Crippen molar-refractivity contribution < 1.29 is 9.53 Å². The predicted octanol–water partition coefficient (Wildman–Crippen LogP) is 1.71. The van der Waals surface area contributed by atoms with Gasteiger partial charge in [0.15, 0.2) is 4.99 Å². The van der Waals surface area contributed by atoms with E-state index < -0.39 is 0 Å². The second kappa shape index (κ2) is 6.10. The van der Waals surface area contributed by atoms with Crippen LogP contribution >= 0.6 is 23.6 Å². The number of amides is 1. The molecular weight excluding hydrogens is 306 g/mol. The molecule has 1 aliphatic carbocycles. The number of thiocarbonyl (C=S) groups is 1. The molecule has 21 heavy (non-hydrogen) atoms. The maximum atomic E-state index is 12.3. The lowest BCUT2D eigenvalue weighted by Gasteiger charge is -2.28. The Morgan fingerprint density at radius 2 is 2.14 bits per heavy atom. The van der Waals surface area contributed by atoms with Crippen LogP contribution in [-0.4, -0.2) is 42.1 Å². The molecule has 1 N–H and O–H groups in total. The fraction of sp³-hybridized carbons (Fsp3) is 0.500. The highest BCUT2D eigenvalue weighted by atomic mass is 32.1. The van der Waals surface area contributed by atoms with E-state index in [2.05, 4.69) is 11.4 Å². The molecule has 0 bridgehead atoms. The van der Waals surface area contributed by atoms with Crippen molar-refractivity contribution in [3.05, 3.63) is 16.0 Å². The van der Waals surface area contributed by atoms with Crippen LogP contribution in [0.1, 0.15) is 22.4 Å². The molecule has 0 radical (unpaired) electrons. The van der Waals surface area contributed by atoms with Gasteiger partial charge in [-0.2, -0.15) is 5.26 Å². The highest BCUT2D eigenvalue weighted by Crippen LogP contribution is 2.38. The quantitative estimate of drug-likeness (QED) is 0.798. The summed E-state index contributed by atoms with van der Waals surface area (Å²) in [5.41, 5.74) is 1.72. The van der Waals surface area contributed by atoms with Crippen LogP contribution in [0.15, 0.2) is 0 Å². The lowest BCUT2D eigenvalue weighted by molar-refractivity contribution is -0.111. The Balaban J connectivity index is 1.73. The number of hydrogen-bond donors (Lipinski definition) is 1. The van der Waals surface area contributed by atoms with Crippen molar-refractivity contribution in [2.24, 2.45) is 0 Å². The second-order valence-corrected chi connectivity index (χ2v) is 6.52. The molecule has 0 spiro atoms. The zero-order valence-electron chi connectivity index (χ0n) is 11.5. The van der Waals surface area contributed by atoms with Gasteiger partial charge in [-0.25, -0.2) is 0 Å². The van der Waals surface area contributed by atoms with E-state index in [4.69, 9.17) is 17.0 Å². The van der Waals surface area contributed by atoms with E-state index in [1.807, 2.05) is 4.90 Å². The van der Waals surface area contributed by atoms with Gasteiger partial charge < -0.3 is 15.0 Å². The monoisotopic (exact) mass is 321 g/mol. The van der Waals surface area contributed by atoms with Crippen molar-refractivity contribution in [3.8, 4) is 6.07 Å². The lowest BCUT2D eigenvalue weighted by Crippen LogP contribution is -2.44. The van der Waals surface area contributed by atoms with E-state index in [1.54, 1.807) is 0 Å². The maximum absolute atomic E-state index is 12.3. The Bertz CT molecular complexity index is 627. The molecule has 1 saturated heterocycles. The minimum Gasteiger partial charge on any atom is -0.378 e. The number of aryl methyl sites for hydroxylation is 1. The Labute approximate surface area is 132 Å². The highest BCUT2D eigenvalue weighted by molar-refractivity contribution is 7.82. The van der Waals surface area contributed by atoms with Crippen molar-refractivity contribution in [2.45, 2.75) is 19.3 Å². The predicted molar refractivity (Wildman–Crippen MR) is 84.7 cm³/mol. The van der Waals surface area contributed by atoms with Crippen LogP contribution in [0.5, 0.6) is 0 Å². The summed E-state index contributed by atoms with van der Waals surface area (Å²) < 4.78 is 5.25. The molecular formula is C14H15N3O2S2. The van der Waals surface area contributed by atoms with Crippen LogP contribution in [-0.2, 0) is 22.4 Å². The van der Waals surface area contributed by atoms with Gasteiger partial charge in [0.2, 0.25) is 0 Å². The Hall–Kier alpha value is -1.49. The van der Waals surface area contributed by atoms with Crippen LogP contribution in [0.4, 0.5) is 5.00 Å². The number of carbonyl (C=O) groups is 1. The molecule has 0 unspecified atom stereocenters. The lowest BCUT2D eigenvalue weighted by atomic mass is 10.1. The minimum atomic E-state index is -0.302. The van der Waals surface area contributed by atoms with Crippen LogP contribution < -0.4 is 5.32 Å². The molecule has 110 valence electrons.